The van der Waals surface area contributed by atoms with Crippen LogP contribution in [0, 0.1) is 11.8 Å². The highest BCUT2D eigenvalue weighted by atomic mass is 16.5. The molecule has 2 saturated heterocycles. The number of nitrogens with zero attached hydrogens (tertiary/aromatic N) is 5. The number of rotatable bonds is 10. The average Bonchev–Trinajstić information content (AvgIpc) is 3.56. The number of benzene rings is 3. The first kappa shape index (κ1) is 33.9. The van der Waals surface area contributed by atoms with E-state index in [0.29, 0.717) is 35.6 Å². The van der Waals surface area contributed by atoms with E-state index >= 15 is 0 Å². The standard InChI is InChI=1S/C42H49N7O4/c1-46-40-33(18-29(20-36(40)53-3)42(51)49-23-28-12-13-34(49)38(28)43)45-41(46)35-19-27-6-4-9-32(39(27)48(35)22-25-10-11-25)26-14-16-47(17-15-26)24-37(50)44-30-7-5-8-31(21-30)52-2/h4-9,18-21,25-26,28,34,38H,10-17,22-24,43H2,1-3H3,(H,44,50)/t28-,34-,38-/m1/s1. The number of likely N-dealkylation sites (tertiary alicyclic amines) is 2. The van der Waals surface area contributed by atoms with Crippen LogP contribution in [0.25, 0.3) is 33.5 Å². The Morgan fingerprint density at radius 1 is 0.925 bits per heavy atom. The highest BCUT2D eigenvalue weighted by Gasteiger charge is 2.47. The van der Waals surface area contributed by atoms with E-state index in [1.807, 2.05) is 48.3 Å². The lowest BCUT2D eigenvalue weighted by Crippen LogP contribution is -2.41. The van der Waals surface area contributed by atoms with Gasteiger partial charge in [-0.1, -0.05) is 24.3 Å². The van der Waals surface area contributed by atoms with Crippen molar-refractivity contribution in [3.63, 3.8) is 0 Å². The van der Waals surface area contributed by atoms with Crippen LogP contribution in [0.2, 0.25) is 0 Å². The van der Waals surface area contributed by atoms with E-state index in [-0.39, 0.29) is 23.9 Å². The third-order valence-electron chi connectivity index (χ3n) is 12.4. The summed E-state index contributed by atoms with van der Waals surface area (Å²) in [5.41, 5.74) is 13.2. The largest absolute Gasteiger partial charge is 0.497 e. The zero-order valence-electron chi connectivity index (χ0n) is 30.9. The van der Waals surface area contributed by atoms with Gasteiger partial charge in [0.1, 0.15) is 17.0 Å². The summed E-state index contributed by atoms with van der Waals surface area (Å²) in [6, 6.07) is 20.5. The number of imidazole rings is 1. The minimum absolute atomic E-state index is 0.00965. The molecule has 2 aliphatic heterocycles. The molecular weight excluding hydrogens is 667 g/mol. The fourth-order valence-corrected chi connectivity index (χ4v) is 9.39. The van der Waals surface area contributed by atoms with Crippen molar-refractivity contribution in [1.82, 2.24) is 23.9 Å². The minimum atomic E-state index is -0.00965. The number of carbonyl (C=O) groups excluding carboxylic acids is 2. The van der Waals surface area contributed by atoms with Gasteiger partial charge in [-0.15, -0.1) is 0 Å². The van der Waals surface area contributed by atoms with Crippen LogP contribution in [-0.4, -0.2) is 88.2 Å². The number of fused-ring (bicyclic) bond motifs is 4. The molecule has 0 radical (unpaired) electrons. The van der Waals surface area contributed by atoms with Crippen molar-refractivity contribution in [3.8, 4) is 23.0 Å². The van der Waals surface area contributed by atoms with Crippen molar-refractivity contribution in [1.29, 1.82) is 0 Å². The molecule has 53 heavy (non-hydrogen) atoms. The second-order valence-corrected chi connectivity index (χ2v) is 15.7. The van der Waals surface area contributed by atoms with E-state index < -0.39 is 0 Å². The Bertz CT molecular complexity index is 2210. The number of methoxy groups -OCH3 is 2. The van der Waals surface area contributed by atoms with Gasteiger partial charge in [-0.2, -0.15) is 0 Å². The molecule has 9 rings (SSSR count). The summed E-state index contributed by atoms with van der Waals surface area (Å²) in [4.78, 5) is 36.3. The Kier molecular flexibility index (Phi) is 8.66. The van der Waals surface area contributed by atoms with Crippen LogP contribution in [0.5, 0.6) is 11.5 Å². The number of ether oxygens (including phenoxy) is 2. The topological polar surface area (TPSA) is 120 Å². The highest BCUT2D eigenvalue weighted by molar-refractivity contribution is 6.01. The second-order valence-electron chi connectivity index (χ2n) is 15.7. The number of anilines is 1. The van der Waals surface area contributed by atoms with Crippen LogP contribution in [-0.2, 0) is 18.4 Å². The molecule has 4 aliphatic rings. The molecule has 5 aromatic rings. The number of para-hydroxylation sites is 1. The fraction of sp³-hybridized carbons (Fsp3) is 0.452. The van der Waals surface area contributed by atoms with E-state index in [9.17, 15) is 9.59 Å². The Balaban J connectivity index is 0.999. The monoisotopic (exact) mass is 715 g/mol. The first-order chi connectivity index (χ1) is 25.8. The molecule has 2 aliphatic carbocycles. The maximum atomic E-state index is 13.9. The number of nitrogens with one attached hydrogen (secondary N) is 1. The number of nitrogens with two attached hydrogens (primary N) is 1. The number of piperidine rings is 2. The Hall–Kier alpha value is -4.87. The van der Waals surface area contributed by atoms with Gasteiger partial charge in [0.2, 0.25) is 5.91 Å². The summed E-state index contributed by atoms with van der Waals surface area (Å²) in [7, 11) is 5.34. The molecule has 4 heterocycles. The quantitative estimate of drug-likeness (QED) is 0.182. The van der Waals surface area contributed by atoms with Crippen LogP contribution in [0.15, 0.2) is 60.7 Å². The lowest BCUT2D eigenvalue weighted by atomic mass is 9.88. The molecule has 0 unspecified atom stereocenters. The van der Waals surface area contributed by atoms with Gasteiger partial charge in [-0.25, -0.2) is 4.98 Å². The Labute approximate surface area is 310 Å². The van der Waals surface area contributed by atoms with Crippen LogP contribution in [0.4, 0.5) is 5.69 Å². The highest BCUT2D eigenvalue weighted by Crippen LogP contribution is 2.42. The lowest BCUT2D eigenvalue weighted by Gasteiger charge is -2.32. The molecular formula is C42H49N7O4. The van der Waals surface area contributed by atoms with Gasteiger partial charge in [-0.3, -0.25) is 14.5 Å². The molecule has 2 amide bonds. The summed E-state index contributed by atoms with van der Waals surface area (Å²) < 4.78 is 15.9. The van der Waals surface area contributed by atoms with E-state index in [4.69, 9.17) is 20.2 Å². The van der Waals surface area contributed by atoms with Gasteiger partial charge in [0.05, 0.1) is 37.5 Å². The number of carbonyl (C=O) groups is 2. The van der Waals surface area contributed by atoms with Crippen molar-refractivity contribution in [2.45, 2.75) is 63.1 Å². The summed E-state index contributed by atoms with van der Waals surface area (Å²) in [6.45, 7) is 3.76. The summed E-state index contributed by atoms with van der Waals surface area (Å²) in [5.74, 6) is 3.66. The molecule has 11 nitrogen and oxygen atoms in total. The van der Waals surface area contributed by atoms with Crippen molar-refractivity contribution in [2.75, 3.05) is 45.7 Å². The zero-order chi connectivity index (χ0) is 36.4. The predicted octanol–water partition coefficient (Wildman–Crippen LogP) is 6.00. The number of amides is 2. The molecule has 3 atom stereocenters. The number of aromatic nitrogens is 3. The van der Waals surface area contributed by atoms with Crippen molar-refractivity contribution in [3.05, 3.63) is 71.8 Å². The lowest BCUT2D eigenvalue weighted by molar-refractivity contribution is -0.117. The predicted molar refractivity (Wildman–Crippen MR) is 206 cm³/mol. The van der Waals surface area contributed by atoms with Gasteiger partial charge < -0.3 is 34.6 Å². The molecule has 3 aromatic carbocycles. The Morgan fingerprint density at radius 3 is 2.45 bits per heavy atom. The van der Waals surface area contributed by atoms with Gasteiger partial charge in [-0.05, 0) is 105 Å². The molecule has 2 aromatic heterocycles. The smallest absolute Gasteiger partial charge is 0.254 e. The molecule has 276 valence electrons. The maximum absolute atomic E-state index is 13.9. The summed E-state index contributed by atoms with van der Waals surface area (Å²) >= 11 is 0. The van der Waals surface area contributed by atoms with Crippen molar-refractivity contribution >= 4 is 39.4 Å². The minimum Gasteiger partial charge on any atom is -0.497 e. The second kappa shape index (κ2) is 13.5. The molecule has 2 bridgehead atoms. The van der Waals surface area contributed by atoms with E-state index in [1.54, 1.807) is 14.2 Å². The first-order valence-corrected chi connectivity index (χ1v) is 19.2. The van der Waals surface area contributed by atoms with E-state index in [0.717, 1.165) is 85.9 Å². The molecule has 4 fully saturated rings. The normalized spacial score (nSPS) is 21.9. The zero-order valence-corrected chi connectivity index (χ0v) is 30.9. The maximum Gasteiger partial charge on any atom is 0.254 e. The van der Waals surface area contributed by atoms with Gasteiger partial charge in [0.25, 0.3) is 5.91 Å². The average molecular weight is 716 g/mol. The fourth-order valence-electron chi connectivity index (χ4n) is 9.39. The molecule has 11 heteroatoms. The molecule has 0 spiro atoms. The first-order valence-electron chi connectivity index (χ1n) is 19.2. The van der Waals surface area contributed by atoms with Crippen LogP contribution in [0.1, 0.15) is 60.4 Å². The third kappa shape index (κ3) is 6.13. The molecule has 2 saturated carbocycles. The van der Waals surface area contributed by atoms with Gasteiger partial charge in [0.15, 0.2) is 5.82 Å². The summed E-state index contributed by atoms with van der Waals surface area (Å²) in [5, 5.41) is 4.24. The SMILES string of the molecule is COc1cccc(NC(=O)CN2CCC(c3cccc4cc(-c5nc6cc(C(=O)N7C[C@H]8CC[C@@H]7[C@@H]8N)cc(OC)c6n5C)n(CC5CC5)c34)CC2)c1. The van der Waals surface area contributed by atoms with E-state index in [1.165, 1.54) is 29.3 Å². The van der Waals surface area contributed by atoms with Gasteiger partial charge >= 0.3 is 0 Å². The van der Waals surface area contributed by atoms with Crippen molar-refractivity contribution in [2.24, 2.45) is 24.6 Å². The van der Waals surface area contributed by atoms with Crippen LogP contribution >= 0.6 is 0 Å². The number of hydrogen-bond acceptors (Lipinski definition) is 7. The van der Waals surface area contributed by atoms with E-state index in [2.05, 4.69) is 43.6 Å². The van der Waals surface area contributed by atoms with Gasteiger partial charge in [0, 0.05) is 54.9 Å². The van der Waals surface area contributed by atoms with Crippen molar-refractivity contribution < 1.29 is 19.1 Å². The van der Waals surface area contributed by atoms with Crippen LogP contribution in [0.3, 0.4) is 0 Å². The Morgan fingerprint density at radius 2 is 1.74 bits per heavy atom. The number of aryl methyl sites for hydroxylation is 1. The number of hydrogen-bond donors (Lipinski definition) is 2. The molecule has 3 N–H and O–H groups in total. The third-order valence-corrected chi connectivity index (χ3v) is 12.4. The summed E-state index contributed by atoms with van der Waals surface area (Å²) in [6.07, 6.45) is 6.52. The van der Waals surface area contributed by atoms with Crippen LogP contribution < -0.4 is 20.5 Å².